The Morgan fingerprint density at radius 3 is 2.68 bits per heavy atom. The summed E-state index contributed by atoms with van der Waals surface area (Å²) in [5.41, 5.74) is 1.97. The molecule has 0 saturated carbocycles. The molecule has 3 aromatic rings. The normalized spacial score (nSPS) is 12.5. The lowest BCUT2D eigenvalue weighted by Crippen LogP contribution is -1.91. The number of hydrogen-bond acceptors (Lipinski definition) is 4. The number of rotatable bonds is 3. The fraction of sp³-hybridized carbons (Fsp3) is 0.143. The second-order valence-corrected chi connectivity index (χ2v) is 5.61. The second kappa shape index (κ2) is 5.15. The first kappa shape index (κ1) is 12.4. The molecular weight excluding hydrogens is 280 g/mol. The average Bonchev–Trinajstić information content (AvgIpc) is 3.07. The van der Waals surface area contributed by atoms with Gasteiger partial charge in [0.05, 0.1) is 5.56 Å². The molecule has 0 aliphatic carbocycles. The summed E-state index contributed by atoms with van der Waals surface area (Å²) in [5.74, 6) is 0.859. The minimum absolute atomic E-state index is 0.263. The molecule has 0 bridgehead atoms. The van der Waals surface area contributed by atoms with Gasteiger partial charge in [0, 0.05) is 0 Å². The average molecular weight is 291 g/mol. The molecule has 0 aliphatic heterocycles. The Bertz CT molecular complexity index is 678. The van der Waals surface area contributed by atoms with Crippen LogP contribution in [0.4, 0.5) is 0 Å². The molecule has 0 saturated heterocycles. The van der Waals surface area contributed by atoms with Crippen molar-refractivity contribution in [3.8, 4) is 10.6 Å². The summed E-state index contributed by atoms with van der Waals surface area (Å²) in [6.07, 6.45) is 1.69. The van der Waals surface area contributed by atoms with Crippen LogP contribution in [0.2, 0.25) is 0 Å². The van der Waals surface area contributed by atoms with Crippen LogP contribution in [0, 0.1) is 6.92 Å². The van der Waals surface area contributed by atoms with E-state index in [1.165, 1.54) is 11.3 Å². The second-order valence-electron chi connectivity index (χ2n) is 4.16. The molecule has 0 spiro atoms. The number of aromatic nitrogens is 2. The number of alkyl halides is 1. The molecule has 96 valence electrons. The van der Waals surface area contributed by atoms with Crippen molar-refractivity contribution in [1.29, 1.82) is 0 Å². The Morgan fingerprint density at radius 1 is 1.21 bits per heavy atom. The highest BCUT2D eigenvalue weighted by Crippen LogP contribution is 2.34. The van der Waals surface area contributed by atoms with E-state index < -0.39 is 0 Å². The van der Waals surface area contributed by atoms with Gasteiger partial charge in [-0.1, -0.05) is 41.7 Å². The minimum Gasteiger partial charge on any atom is -0.469 e. The molecule has 1 atom stereocenters. The van der Waals surface area contributed by atoms with Crippen LogP contribution in [0.25, 0.3) is 10.6 Å². The van der Waals surface area contributed by atoms with Gasteiger partial charge in [-0.25, -0.2) is 0 Å². The molecule has 3 rings (SSSR count). The molecule has 5 heteroatoms. The van der Waals surface area contributed by atoms with Crippen LogP contribution in [0.15, 0.2) is 47.1 Å². The van der Waals surface area contributed by atoms with E-state index in [1.54, 1.807) is 6.26 Å². The zero-order valence-electron chi connectivity index (χ0n) is 10.2. The zero-order chi connectivity index (χ0) is 13.2. The third-order valence-corrected chi connectivity index (χ3v) is 4.35. The zero-order valence-corrected chi connectivity index (χ0v) is 11.8. The summed E-state index contributed by atoms with van der Waals surface area (Å²) >= 11 is 7.91. The SMILES string of the molecule is Cc1cc(-c2nnc(C(Cl)c3ccccc3)s2)co1. The first-order valence-electron chi connectivity index (χ1n) is 5.82. The monoisotopic (exact) mass is 290 g/mol. The topological polar surface area (TPSA) is 38.9 Å². The number of nitrogens with zero attached hydrogens (tertiary/aromatic N) is 2. The lowest BCUT2D eigenvalue weighted by atomic mass is 10.1. The minimum atomic E-state index is -0.263. The van der Waals surface area contributed by atoms with E-state index in [0.717, 1.165) is 26.9 Å². The van der Waals surface area contributed by atoms with Crippen LogP contribution >= 0.6 is 22.9 Å². The molecule has 2 aromatic heterocycles. The van der Waals surface area contributed by atoms with Crippen LogP contribution in [-0.2, 0) is 0 Å². The fourth-order valence-electron chi connectivity index (χ4n) is 1.77. The first-order valence-corrected chi connectivity index (χ1v) is 7.07. The van der Waals surface area contributed by atoms with E-state index in [-0.39, 0.29) is 5.38 Å². The van der Waals surface area contributed by atoms with Gasteiger partial charge in [0.1, 0.15) is 22.4 Å². The Kier molecular flexibility index (Phi) is 3.36. The molecule has 0 N–H and O–H groups in total. The number of aryl methyl sites for hydroxylation is 1. The van der Waals surface area contributed by atoms with Gasteiger partial charge < -0.3 is 4.42 Å². The van der Waals surface area contributed by atoms with Crippen LogP contribution in [0.1, 0.15) is 21.7 Å². The number of halogens is 1. The molecule has 3 nitrogen and oxygen atoms in total. The van der Waals surface area contributed by atoms with Crippen molar-refractivity contribution in [2.45, 2.75) is 12.3 Å². The molecule has 1 unspecified atom stereocenters. The van der Waals surface area contributed by atoms with Crippen LogP contribution in [0.5, 0.6) is 0 Å². The summed E-state index contributed by atoms with van der Waals surface area (Å²) in [6.45, 7) is 1.90. The number of benzene rings is 1. The third kappa shape index (κ3) is 2.55. The molecule has 0 fully saturated rings. The summed E-state index contributed by atoms with van der Waals surface area (Å²) in [7, 11) is 0. The van der Waals surface area contributed by atoms with E-state index in [9.17, 15) is 0 Å². The fourth-order valence-corrected chi connectivity index (χ4v) is 2.92. The van der Waals surface area contributed by atoms with E-state index in [1.807, 2.05) is 43.3 Å². The van der Waals surface area contributed by atoms with E-state index in [2.05, 4.69) is 10.2 Å². The Labute approximate surface area is 119 Å². The smallest absolute Gasteiger partial charge is 0.151 e. The van der Waals surface area contributed by atoms with Gasteiger partial charge in [0.15, 0.2) is 5.01 Å². The van der Waals surface area contributed by atoms with Crippen molar-refractivity contribution < 1.29 is 4.42 Å². The highest BCUT2D eigenvalue weighted by Gasteiger charge is 2.17. The Morgan fingerprint density at radius 2 is 2.00 bits per heavy atom. The van der Waals surface area contributed by atoms with Gasteiger partial charge >= 0.3 is 0 Å². The maximum atomic E-state index is 6.42. The van der Waals surface area contributed by atoms with E-state index in [0.29, 0.717) is 0 Å². The summed E-state index contributed by atoms with van der Waals surface area (Å²) in [5, 5.41) is 9.70. The maximum Gasteiger partial charge on any atom is 0.151 e. The van der Waals surface area contributed by atoms with Gasteiger partial charge in [0.25, 0.3) is 0 Å². The standard InChI is InChI=1S/C14H11ClN2OS/c1-9-7-11(8-18-9)13-16-17-14(19-13)12(15)10-5-3-2-4-6-10/h2-8,12H,1H3. The predicted molar refractivity (Wildman–Crippen MR) is 76.5 cm³/mol. The molecule has 1 aromatic carbocycles. The number of hydrogen-bond donors (Lipinski definition) is 0. The van der Waals surface area contributed by atoms with E-state index >= 15 is 0 Å². The van der Waals surface area contributed by atoms with Gasteiger partial charge in [-0.2, -0.15) is 0 Å². The summed E-state index contributed by atoms with van der Waals surface area (Å²) < 4.78 is 5.28. The van der Waals surface area contributed by atoms with Gasteiger partial charge in [-0.3, -0.25) is 0 Å². The Balaban J connectivity index is 1.89. The van der Waals surface area contributed by atoms with Crippen molar-refractivity contribution in [3.05, 3.63) is 59.0 Å². The van der Waals surface area contributed by atoms with Crippen LogP contribution < -0.4 is 0 Å². The summed E-state index contributed by atoms with van der Waals surface area (Å²) in [6, 6.07) is 11.8. The molecule has 2 heterocycles. The van der Waals surface area contributed by atoms with Gasteiger partial charge in [-0.05, 0) is 18.6 Å². The van der Waals surface area contributed by atoms with Crippen LogP contribution in [0.3, 0.4) is 0 Å². The molecule has 0 amide bonds. The highest BCUT2D eigenvalue weighted by molar-refractivity contribution is 7.15. The quantitative estimate of drug-likeness (QED) is 0.670. The molecule has 0 radical (unpaired) electrons. The van der Waals surface area contributed by atoms with Crippen molar-refractivity contribution in [1.82, 2.24) is 10.2 Å². The van der Waals surface area contributed by atoms with Crippen molar-refractivity contribution in [2.75, 3.05) is 0 Å². The van der Waals surface area contributed by atoms with E-state index in [4.69, 9.17) is 16.0 Å². The molecule has 19 heavy (non-hydrogen) atoms. The Hall–Kier alpha value is -1.65. The molecular formula is C14H11ClN2OS. The largest absolute Gasteiger partial charge is 0.469 e. The van der Waals surface area contributed by atoms with Crippen molar-refractivity contribution >= 4 is 22.9 Å². The van der Waals surface area contributed by atoms with Crippen molar-refractivity contribution in [3.63, 3.8) is 0 Å². The maximum absolute atomic E-state index is 6.42. The lowest BCUT2D eigenvalue weighted by Gasteiger charge is -2.04. The summed E-state index contributed by atoms with van der Waals surface area (Å²) in [4.78, 5) is 0. The highest BCUT2D eigenvalue weighted by atomic mass is 35.5. The number of furan rings is 1. The third-order valence-electron chi connectivity index (χ3n) is 2.73. The van der Waals surface area contributed by atoms with Crippen LogP contribution in [-0.4, -0.2) is 10.2 Å². The lowest BCUT2D eigenvalue weighted by molar-refractivity contribution is 0.535. The predicted octanol–water partition coefficient (Wildman–Crippen LogP) is 4.43. The molecule has 0 aliphatic rings. The van der Waals surface area contributed by atoms with Gasteiger partial charge in [-0.15, -0.1) is 21.8 Å². The van der Waals surface area contributed by atoms with Gasteiger partial charge in [0.2, 0.25) is 0 Å². The van der Waals surface area contributed by atoms with Crippen molar-refractivity contribution in [2.24, 2.45) is 0 Å². The first-order chi connectivity index (χ1) is 9.24.